The highest BCUT2D eigenvalue weighted by molar-refractivity contribution is 6.48. The van der Waals surface area contributed by atoms with Gasteiger partial charge in [-0.25, -0.2) is 0 Å². The third kappa shape index (κ3) is 5.35. The Bertz CT molecular complexity index is 893. The molecule has 0 saturated heterocycles. The summed E-state index contributed by atoms with van der Waals surface area (Å²) in [5.74, 6) is -7.89. The van der Waals surface area contributed by atoms with Crippen LogP contribution in [0.1, 0.15) is 22.6 Å². The van der Waals surface area contributed by atoms with Gasteiger partial charge in [0.1, 0.15) is 0 Å². The number of hydrogen-bond donors (Lipinski definition) is 0. The van der Waals surface area contributed by atoms with Gasteiger partial charge in [0.25, 0.3) is 0 Å². The predicted octanol–water partition coefficient (Wildman–Crippen LogP) is 8.66. The van der Waals surface area contributed by atoms with Crippen LogP contribution in [0.2, 0.25) is 15.1 Å². The molecule has 0 radical (unpaired) electrons. The van der Waals surface area contributed by atoms with Gasteiger partial charge in [-0.1, -0.05) is 59.1 Å². The molecule has 1 unspecified atom stereocenters. The lowest BCUT2D eigenvalue weighted by Gasteiger charge is -2.27. The summed E-state index contributed by atoms with van der Waals surface area (Å²) < 4.78 is 106. The fourth-order valence-electron chi connectivity index (χ4n) is 2.40. The SMILES string of the molecule is FC(F)(F)c1cccc(/C=C/C(c2cc(Cl)c(Cl)c(Cl)c2)C(F)(F)C(F)(F)F)c1. The van der Waals surface area contributed by atoms with Crippen molar-refractivity contribution >= 4 is 40.9 Å². The summed E-state index contributed by atoms with van der Waals surface area (Å²) in [5, 5.41) is -0.956. The van der Waals surface area contributed by atoms with Gasteiger partial charge >= 0.3 is 18.3 Å². The smallest absolute Gasteiger partial charge is 0.195 e. The lowest BCUT2D eigenvalue weighted by atomic mass is 9.90. The molecule has 0 fully saturated rings. The molecule has 0 amide bonds. The minimum absolute atomic E-state index is 0.228. The first-order valence-electron chi connectivity index (χ1n) is 7.59. The molecule has 1 atom stereocenters. The van der Waals surface area contributed by atoms with Crippen molar-refractivity contribution in [3.63, 3.8) is 0 Å². The molecule has 11 heteroatoms. The monoisotopic (exact) mass is 482 g/mol. The maximum absolute atomic E-state index is 14.1. The Balaban J connectivity index is 2.57. The van der Waals surface area contributed by atoms with Crippen LogP contribution in [0, 0.1) is 0 Å². The van der Waals surface area contributed by atoms with E-state index in [4.69, 9.17) is 34.8 Å². The van der Waals surface area contributed by atoms with Crippen molar-refractivity contribution in [2.24, 2.45) is 0 Å². The lowest BCUT2D eigenvalue weighted by Crippen LogP contribution is -2.41. The van der Waals surface area contributed by atoms with E-state index in [-0.39, 0.29) is 20.6 Å². The van der Waals surface area contributed by atoms with Gasteiger partial charge in [-0.3, -0.25) is 0 Å². The average Bonchev–Trinajstić information content (AvgIpc) is 2.58. The molecule has 0 aliphatic rings. The molecular weight excluding hydrogens is 475 g/mol. The quantitative estimate of drug-likeness (QED) is 0.301. The molecule has 0 aromatic heterocycles. The molecule has 0 saturated carbocycles. The first-order valence-corrected chi connectivity index (χ1v) is 8.72. The molecule has 2 aromatic carbocycles. The van der Waals surface area contributed by atoms with Crippen LogP contribution < -0.4 is 0 Å². The van der Waals surface area contributed by atoms with Crippen LogP contribution in [-0.2, 0) is 6.18 Å². The second kappa shape index (κ2) is 8.32. The Morgan fingerprint density at radius 3 is 1.83 bits per heavy atom. The van der Waals surface area contributed by atoms with Crippen LogP contribution in [0.25, 0.3) is 6.08 Å². The largest absolute Gasteiger partial charge is 0.454 e. The molecule has 0 heterocycles. The van der Waals surface area contributed by atoms with Crippen LogP contribution >= 0.6 is 34.8 Å². The molecule has 0 spiro atoms. The number of alkyl halides is 8. The Labute approximate surface area is 174 Å². The first kappa shape index (κ1) is 23.8. The van der Waals surface area contributed by atoms with Crippen LogP contribution in [0.15, 0.2) is 42.5 Å². The van der Waals surface area contributed by atoms with E-state index in [0.29, 0.717) is 12.1 Å². The fourth-order valence-corrected chi connectivity index (χ4v) is 3.01. The van der Waals surface area contributed by atoms with Gasteiger partial charge in [0.15, 0.2) is 0 Å². The van der Waals surface area contributed by atoms with E-state index in [2.05, 4.69) is 0 Å². The standard InChI is InChI=1S/C18H9Cl3F8/c19-13-7-10(8-14(20)15(13)21)12(16(22,23)18(27,28)29)5-4-9-2-1-3-11(6-9)17(24,25)26/h1-8,12H/b5-4+. The topological polar surface area (TPSA) is 0 Å². The van der Waals surface area contributed by atoms with Crippen molar-refractivity contribution in [3.05, 3.63) is 74.2 Å². The van der Waals surface area contributed by atoms with E-state index >= 15 is 0 Å². The van der Waals surface area contributed by atoms with Gasteiger partial charge in [0, 0.05) is 0 Å². The Morgan fingerprint density at radius 2 is 1.34 bits per heavy atom. The van der Waals surface area contributed by atoms with E-state index in [1.54, 1.807) is 0 Å². The Morgan fingerprint density at radius 1 is 0.793 bits per heavy atom. The van der Waals surface area contributed by atoms with Crippen LogP contribution in [0.3, 0.4) is 0 Å². The maximum atomic E-state index is 14.1. The highest BCUT2D eigenvalue weighted by atomic mass is 35.5. The summed E-state index contributed by atoms with van der Waals surface area (Å²) in [4.78, 5) is 0. The van der Waals surface area contributed by atoms with Crippen molar-refractivity contribution in [3.8, 4) is 0 Å². The van der Waals surface area contributed by atoms with Crippen molar-refractivity contribution in [2.75, 3.05) is 0 Å². The highest BCUT2D eigenvalue weighted by Gasteiger charge is 2.62. The Kier molecular flexibility index (Phi) is 6.82. The fraction of sp³-hybridized carbons (Fsp3) is 0.222. The van der Waals surface area contributed by atoms with Crippen LogP contribution in [0.5, 0.6) is 0 Å². The zero-order valence-electron chi connectivity index (χ0n) is 13.9. The van der Waals surface area contributed by atoms with Crippen LogP contribution in [0.4, 0.5) is 35.1 Å². The summed E-state index contributed by atoms with van der Waals surface area (Å²) in [6.07, 6.45) is -9.49. The number of allylic oxidation sites excluding steroid dienone is 1. The summed E-state index contributed by atoms with van der Waals surface area (Å²) in [7, 11) is 0. The second-order valence-corrected chi connectivity index (χ2v) is 7.07. The molecule has 158 valence electrons. The van der Waals surface area contributed by atoms with E-state index in [1.807, 2.05) is 0 Å². The van der Waals surface area contributed by atoms with Crippen LogP contribution in [-0.4, -0.2) is 12.1 Å². The third-order valence-electron chi connectivity index (χ3n) is 3.83. The first-order chi connectivity index (χ1) is 13.1. The van der Waals surface area contributed by atoms with Gasteiger partial charge in [-0.2, -0.15) is 35.1 Å². The summed E-state index contributed by atoms with van der Waals surface area (Å²) >= 11 is 17.1. The molecule has 2 aromatic rings. The molecule has 29 heavy (non-hydrogen) atoms. The van der Waals surface area contributed by atoms with Gasteiger partial charge in [-0.15, -0.1) is 0 Å². The third-order valence-corrected chi connectivity index (χ3v) is 5.03. The van der Waals surface area contributed by atoms with Gasteiger partial charge in [0.2, 0.25) is 0 Å². The zero-order valence-corrected chi connectivity index (χ0v) is 16.1. The number of rotatable bonds is 4. The lowest BCUT2D eigenvalue weighted by molar-refractivity contribution is -0.286. The van der Waals surface area contributed by atoms with Crippen molar-refractivity contribution in [1.82, 2.24) is 0 Å². The summed E-state index contributed by atoms with van der Waals surface area (Å²) in [6, 6.07) is 5.04. The number of benzene rings is 2. The predicted molar refractivity (Wildman–Crippen MR) is 95.7 cm³/mol. The van der Waals surface area contributed by atoms with E-state index in [0.717, 1.165) is 36.4 Å². The molecule has 2 rings (SSSR count). The summed E-state index contributed by atoms with van der Waals surface area (Å²) in [5.41, 5.74) is -1.93. The second-order valence-electron chi connectivity index (χ2n) is 5.88. The minimum Gasteiger partial charge on any atom is -0.195 e. The van der Waals surface area contributed by atoms with E-state index < -0.39 is 35.3 Å². The van der Waals surface area contributed by atoms with Crippen molar-refractivity contribution in [2.45, 2.75) is 24.2 Å². The molecule has 0 N–H and O–H groups in total. The normalized spacial score (nSPS) is 14.4. The van der Waals surface area contributed by atoms with Crippen molar-refractivity contribution < 1.29 is 35.1 Å². The summed E-state index contributed by atoms with van der Waals surface area (Å²) in [6.45, 7) is 0. The Hall–Kier alpha value is -1.51. The molecular formula is C18H9Cl3F8. The van der Waals surface area contributed by atoms with Gasteiger partial charge in [0.05, 0.1) is 26.5 Å². The molecule has 0 aliphatic carbocycles. The average molecular weight is 484 g/mol. The van der Waals surface area contributed by atoms with E-state index in [9.17, 15) is 35.1 Å². The maximum Gasteiger partial charge on any atom is 0.454 e. The van der Waals surface area contributed by atoms with Crippen molar-refractivity contribution in [1.29, 1.82) is 0 Å². The molecule has 0 bridgehead atoms. The molecule has 0 aliphatic heterocycles. The van der Waals surface area contributed by atoms with Gasteiger partial charge < -0.3 is 0 Å². The van der Waals surface area contributed by atoms with E-state index in [1.165, 1.54) is 0 Å². The number of halogens is 11. The highest BCUT2D eigenvalue weighted by Crippen LogP contribution is 2.48. The zero-order chi connectivity index (χ0) is 22.2. The minimum atomic E-state index is -5.95. The molecule has 0 nitrogen and oxygen atoms in total. The van der Waals surface area contributed by atoms with Gasteiger partial charge in [-0.05, 0) is 35.4 Å². The number of hydrogen-bond acceptors (Lipinski definition) is 0.